The predicted octanol–water partition coefficient (Wildman–Crippen LogP) is 1.43. The van der Waals surface area contributed by atoms with E-state index in [9.17, 15) is 27.2 Å². The zero-order chi connectivity index (χ0) is 17.4. The third kappa shape index (κ3) is 3.26. The van der Waals surface area contributed by atoms with E-state index in [1.54, 1.807) is 6.07 Å². The van der Waals surface area contributed by atoms with Crippen molar-refractivity contribution in [3.8, 4) is 6.07 Å². The molecule has 0 unspecified atom stereocenters. The molecule has 1 aromatic rings. The molecule has 1 aliphatic rings. The molecule has 9 heteroatoms. The third-order valence-corrected chi connectivity index (χ3v) is 3.73. The van der Waals surface area contributed by atoms with Crippen molar-refractivity contribution in [2.24, 2.45) is 17.6 Å². The van der Waals surface area contributed by atoms with Crippen LogP contribution in [0.4, 0.5) is 17.6 Å². The number of hydrogen-bond donors (Lipinski definition) is 1. The molecule has 0 aromatic heterocycles. The highest BCUT2D eigenvalue weighted by Gasteiger charge is 2.52. The SMILES string of the molecule is N#Cc1cc(C(=O)N2C[C@@H](C(F)(F)F)[C@H](C(N)=O)C2)ccc1F. The minimum atomic E-state index is -4.67. The molecule has 1 heterocycles. The largest absolute Gasteiger partial charge is 0.394 e. The highest BCUT2D eigenvalue weighted by atomic mass is 19.4. The Labute approximate surface area is 128 Å². The van der Waals surface area contributed by atoms with Crippen LogP contribution in [-0.2, 0) is 4.79 Å². The van der Waals surface area contributed by atoms with Gasteiger partial charge >= 0.3 is 6.18 Å². The number of carbonyl (C=O) groups is 2. The van der Waals surface area contributed by atoms with E-state index in [2.05, 4.69) is 0 Å². The Kier molecular flexibility index (Phi) is 4.27. The highest BCUT2D eigenvalue weighted by molar-refractivity contribution is 5.95. The minimum Gasteiger partial charge on any atom is -0.369 e. The molecule has 2 N–H and O–H groups in total. The number of halogens is 4. The zero-order valence-corrected chi connectivity index (χ0v) is 11.6. The van der Waals surface area contributed by atoms with Gasteiger partial charge < -0.3 is 10.6 Å². The number of nitrogens with two attached hydrogens (primary N) is 1. The second-order valence-electron chi connectivity index (χ2n) is 5.17. The van der Waals surface area contributed by atoms with Crippen molar-refractivity contribution in [3.05, 3.63) is 35.1 Å². The monoisotopic (exact) mass is 329 g/mol. The normalized spacial score (nSPS) is 21.1. The summed E-state index contributed by atoms with van der Waals surface area (Å²) in [4.78, 5) is 24.3. The molecule has 23 heavy (non-hydrogen) atoms. The van der Waals surface area contributed by atoms with Gasteiger partial charge in [-0.05, 0) is 18.2 Å². The van der Waals surface area contributed by atoms with E-state index in [1.165, 1.54) is 0 Å². The van der Waals surface area contributed by atoms with Crippen molar-refractivity contribution >= 4 is 11.8 Å². The number of alkyl halides is 3. The summed E-state index contributed by atoms with van der Waals surface area (Å²) in [5.74, 6) is -6.37. The second-order valence-corrected chi connectivity index (χ2v) is 5.17. The van der Waals surface area contributed by atoms with E-state index < -0.39 is 54.3 Å². The van der Waals surface area contributed by atoms with Crippen LogP contribution in [0.1, 0.15) is 15.9 Å². The Morgan fingerprint density at radius 2 is 1.96 bits per heavy atom. The second kappa shape index (κ2) is 5.87. The summed E-state index contributed by atoms with van der Waals surface area (Å²) in [7, 11) is 0. The summed E-state index contributed by atoms with van der Waals surface area (Å²) >= 11 is 0. The molecule has 2 rings (SSSR count). The van der Waals surface area contributed by atoms with Crippen LogP contribution in [-0.4, -0.2) is 36.0 Å². The summed E-state index contributed by atoms with van der Waals surface area (Å²) in [5, 5.41) is 8.73. The van der Waals surface area contributed by atoms with Crippen molar-refractivity contribution < 1.29 is 27.2 Å². The van der Waals surface area contributed by atoms with Gasteiger partial charge in [0, 0.05) is 18.7 Å². The molecular formula is C14H11F4N3O2. The maximum atomic E-state index is 13.2. The molecule has 0 spiro atoms. The minimum absolute atomic E-state index is 0.131. The van der Waals surface area contributed by atoms with E-state index in [1.807, 2.05) is 0 Å². The Balaban J connectivity index is 2.28. The number of nitrogens with zero attached hydrogens (tertiary/aromatic N) is 2. The molecule has 0 bridgehead atoms. The fourth-order valence-corrected chi connectivity index (χ4v) is 2.52. The molecule has 1 aromatic carbocycles. The van der Waals surface area contributed by atoms with Gasteiger partial charge in [-0.15, -0.1) is 0 Å². The van der Waals surface area contributed by atoms with E-state index in [4.69, 9.17) is 11.0 Å². The van der Waals surface area contributed by atoms with Crippen LogP contribution in [0.2, 0.25) is 0 Å². The summed E-state index contributed by atoms with van der Waals surface area (Å²) in [6, 6.07) is 4.45. The Morgan fingerprint density at radius 3 is 2.43 bits per heavy atom. The lowest BCUT2D eigenvalue weighted by Crippen LogP contribution is -2.37. The lowest BCUT2D eigenvalue weighted by atomic mass is 9.95. The van der Waals surface area contributed by atoms with Crippen LogP contribution >= 0.6 is 0 Å². The van der Waals surface area contributed by atoms with Crippen molar-refractivity contribution in [2.75, 3.05) is 13.1 Å². The average molecular weight is 329 g/mol. The number of primary amides is 1. The van der Waals surface area contributed by atoms with Crippen LogP contribution in [0.15, 0.2) is 18.2 Å². The molecule has 1 fully saturated rings. The fraction of sp³-hybridized carbons (Fsp3) is 0.357. The van der Waals surface area contributed by atoms with Gasteiger partial charge in [0.2, 0.25) is 5.91 Å². The summed E-state index contributed by atoms with van der Waals surface area (Å²) < 4.78 is 52.1. The molecule has 5 nitrogen and oxygen atoms in total. The zero-order valence-electron chi connectivity index (χ0n) is 11.6. The molecule has 2 amide bonds. The first-order valence-electron chi connectivity index (χ1n) is 6.50. The molecule has 0 radical (unpaired) electrons. The first-order chi connectivity index (χ1) is 10.6. The van der Waals surface area contributed by atoms with Crippen LogP contribution < -0.4 is 5.73 Å². The number of amides is 2. The van der Waals surface area contributed by atoms with Crippen LogP contribution in [0.5, 0.6) is 0 Å². The van der Waals surface area contributed by atoms with Crippen molar-refractivity contribution in [2.45, 2.75) is 6.18 Å². The van der Waals surface area contributed by atoms with Crippen molar-refractivity contribution in [1.29, 1.82) is 5.26 Å². The average Bonchev–Trinajstić information content (AvgIpc) is 2.92. The topological polar surface area (TPSA) is 87.2 Å². The summed E-state index contributed by atoms with van der Waals surface area (Å²) in [6.45, 7) is -1.19. The van der Waals surface area contributed by atoms with Gasteiger partial charge in [-0.3, -0.25) is 9.59 Å². The first-order valence-corrected chi connectivity index (χ1v) is 6.50. The number of rotatable bonds is 2. The van der Waals surface area contributed by atoms with E-state index in [0.29, 0.717) is 0 Å². The van der Waals surface area contributed by atoms with Crippen molar-refractivity contribution in [1.82, 2.24) is 4.90 Å². The van der Waals surface area contributed by atoms with Crippen molar-refractivity contribution in [3.63, 3.8) is 0 Å². The number of hydrogen-bond acceptors (Lipinski definition) is 3. The third-order valence-electron chi connectivity index (χ3n) is 3.73. The first kappa shape index (κ1) is 16.7. The predicted molar refractivity (Wildman–Crippen MR) is 69.2 cm³/mol. The molecular weight excluding hydrogens is 318 g/mol. The quantitative estimate of drug-likeness (QED) is 0.833. The summed E-state index contributed by atoms with van der Waals surface area (Å²) in [5.41, 5.74) is 4.46. The number of nitriles is 1. The van der Waals surface area contributed by atoms with Gasteiger partial charge in [0.05, 0.1) is 17.4 Å². The standard InChI is InChI=1S/C14H11F4N3O2/c15-11-2-1-7(3-8(11)4-19)13(23)21-5-9(12(20)22)10(6-21)14(16,17)18/h1-3,9-10H,5-6H2,(H2,20,22)/t9-,10-/m1/s1. The highest BCUT2D eigenvalue weighted by Crippen LogP contribution is 2.37. The molecule has 1 saturated heterocycles. The fourth-order valence-electron chi connectivity index (χ4n) is 2.52. The molecule has 0 saturated carbocycles. The van der Waals surface area contributed by atoms with E-state index >= 15 is 0 Å². The van der Waals surface area contributed by atoms with Crippen LogP contribution in [0, 0.1) is 29.0 Å². The van der Waals surface area contributed by atoms with Crippen LogP contribution in [0.3, 0.4) is 0 Å². The van der Waals surface area contributed by atoms with Crippen LogP contribution in [0.25, 0.3) is 0 Å². The molecule has 2 atom stereocenters. The number of carbonyl (C=O) groups excluding carboxylic acids is 2. The van der Waals surface area contributed by atoms with Gasteiger partial charge in [-0.1, -0.05) is 0 Å². The Morgan fingerprint density at radius 1 is 1.30 bits per heavy atom. The maximum absolute atomic E-state index is 13.2. The summed E-state index contributed by atoms with van der Waals surface area (Å²) in [6.07, 6.45) is -4.67. The lowest BCUT2D eigenvalue weighted by molar-refractivity contribution is -0.182. The molecule has 0 aliphatic carbocycles. The van der Waals surface area contributed by atoms with E-state index in [-0.39, 0.29) is 5.56 Å². The van der Waals surface area contributed by atoms with Gasteiger partial charge in [-0.25, -0.2) is 4.39 Å². The maximum Gasteiger partial charge on any atom is 0.394 e. The molecule has 1 aliphatic heterocycles. The lowest BCUT2D eigenvalue weighted by Gasteiger charge is -2.18. The van der Waals surface area contributed by atoms with Gasteiger partial charge in [0.1, 0.15) is 11.9 Å². The smallest absolute Gasteiger partial charge is 0.369 e. The Hall–Kier alpha value is -2.63. The number of benzene rings is 1. The molecule has 122 valence electrons. The van der Waals surface area contributed by atoms with E-state index in [0.717, 1.165) is 23.1 Å². The van der Waals surface area contributed by atoms with Gasteiger partial charge in [0.15, 0.2) is 0 Å². The van der Waals surface area contributed by atoms with Gasteiger partial charge in [0.25, 0.3) is 5.91 Å². The van der Waals surface area contributed by atoms with Gasteiger partial charge in [-0.2, -0.15) is 18.4 Å². The number of likely N-dealkylation sites (tertiary alicyclic amines) is 1. The Bertz CT molecular complexity index is 696.